The van der Waals surface area contributed by atoms with Gasteiger partial charge in [-0.1, -0.05) is 12.1 Å². The Kier molecular flexibility index (Phi) is 5.84. The standard InChI is InChI=1S/C20H30N2O3/c1-14(23)16-8-10-22(11-9-16)20(24)21-19(17-6-7-17)13-15-4-3-5-18(12-15)25-2/h3-5,12,14,16-17,19,23H,6-11,13H2,1-2H3,(H,21,24). The van der Waals surface area contributed by atoms with Crippen LogP contribution in [0.25, 0.3) is 0 Å². The second-order valence-corrected chi connectivity index (χ2v) is 7.51. The maximum Gasteiger partial charge on any atom is 0.317 e. The van der Waals surface area contributed by atoms with Gasteiger partial charge in [-0.2, -0.15) is 0 Å². The summed E-state index contributed by atoms with van der Waals surface area (Å²) in [5.74, 6) is 1.77. The Bertz CT molecular complexity index is 578. The molecule has 2 fully saturated rings. The molecule has 138 valence electrons. The minimum Gasteiger partial charge on any atom is -0.497 e. The molecule has 0 spiro atoms. The molecular weight excluding hydrogens is 316 g/mol. The van der Waals surface area contributed by atoms with E-state index < -0.39 is 0 Å². The lowest BCUT2D eigenvalue weighted by molar-refractivity contribution is 0.0791. The fraction of sp³-hybridized carbons (Fsp3) is 0.650. The minimum absolute atomic E-state index is 0.0452. The molecule has 2 N–H and O–H groups in total. The molecule has 1 saturated carbocycles. The Balaban J connectivity index is 1.56. The van der Waals surface area contributed by atoms with Gasteiger partial charge in [-0.15, -0.1) is 0 Å². The molecule has 1 aromatic rings. The van der Waals surface area contributed by atoms with Gasteiger partial charge in [0.2, 0.25) is 0 Å². The average Bonchev–Trinajstić information content (AvgIpc) is 3.46. The van der Waals surface area contributed by atoms with Crippen molar-refractivity contribution in [3.8, 4) is 5.75 Å². The summed E-state index contributed by atoms with van der Waals surface area (Å²) in [6.45, 7) is 3.31. The van der Waals surface area contributed by atoms with Crippen LogP contribution >= 0.6 is 0 Å². The highest BCUT2D eigenvalue weighted by molar-refractivity contribution is 5.74. The number of carbonyl (C=O) groups is 1. The zero-order valence-electron chi connectivity index (χ0n) is 15.3. The number of methoxy groups -OCH3 is 1. The van der Waals surface area contributed by atoms with Crippen molar-refractivity contribution >= 4 is 6.03 Å². The molecule has 2 aliphatic rings. The number of carbonyl (C=O) groups excluding carboxylic acids is 1. The summed E-state index contributed by atoms with van der Waals surface area (Å²) in [6.07, 6.45) is 4.72. The minimum atomic E-state index is -0.280. The van der Waals surface area contributed by atoms with E-state index in [9.17, 15) is 9.90 Å². The fourth-order valence-electron chi connectivity index (χ4n) is 3.72. The van der Waals surface area contributed by atoms with Gasteiger partial charge in [0.1, 0.15) is 5.75 Å². The Labute approximate surface area is 150 Å². The topological polar surface area (TPSA) is 61.8 Å². The van der Waals surface area contributed by atoms with Crippen LogP contribution in [0, 0.1) is 11.8 Å². The summed E-state index contributed by atoms with van der Waals surface area (Å²) in [4.78, 5) is 14.6. The van der Waals surface area contributed by atoms with Gasteiger partial charge in [-0.05, 0) is 68.6 Å². The summed E-state index contributed by atoms with van der Waals surface area (Å²) < 4.78 is 5.30. The molecule has 0 aromatic heterocycles. The third-order valence-electron chi connectivity index (χ3n) is 5.60. The van der Waals surface area contributed by atoms with Crippen molar-refractivity contribution in [3.63, 3.8) is 0 Å². The lowest BCUT2D eigenvalue weighted by atomic mass is 9.92. The van der Waals surface area contributed by atoms with Gasteiger partial charge in [0, 0.05) is 19.1 Å². The third kappa shape index (κ3) is 4.88. The fourth-order valence-corrected chi connectivity index (χ4v) is 3.72. The van der Waals surface area contributed by atoms with Gasteiger partial charge in [0.15, 0.2) is 0 Å². The summed E-state index contributed by atoms with van der Waals surface area (Å²) in [5.41, 5.74) is 1.20. The molecule has 5 nitrogen and oxygen atoms in total. The van der Waals surface area contributed by atoms with Crippen LogP contribution in [0.2, 0.25) is 0 Å². The van der Waals surface area contributed by atoms with Crippen LogP contribution in [0.3, 0.4) is 0 Å². The Morgan fingerprint density at radius 1 is 1.28 bits per heavy atom. The van der Waals surface area contributed by atoms with E-state index in [1.165, 1.54) is 18.4 Å². The van der Waals surface area contributed by atoms with Gasteiger partial charge in [0.05, 0.1) is 13.2 Å². The van der Waals surface area contributed by atoms with Crippen molar-refractivity contribution < 1.29 is 14.6 Å². The monoisotopic (exact) mass is 346 g/mol. The molecule has 1 aromatic carbocycles. The Morgan fingerprint density at radius 2 is 2.00 bits per heavy atom. The van der Waals surface area contributed by atoms with Crippen LogP contribution in [0.1, 0.15) is 38.2 Å². The van der Waals surface area contributed by atoms with Crippen LogP contribution in [0.4, 0.5) is 4.79 Å². The van der Waals surface area contributed by atoms with Gasteiger partial charge in [-0.3, -0.25) is 0 Å². The second kappa shape index (κ2) is 8.09. The molecule has 1 saturated heterocycles. The smallest absolute Gasteiger partial charge is 0.317 e. The van der Waals surface area contributed by atoms with Crippen LogP contribution in [-0.2, 0) is 6.42 Å². The van der Waals surface area contributed by atoms with Crippen molar-refractivity contribution in [2.24, 2.45) is 11.8 Å². The highest BCUT2D eigenvalue weighted by Crippen LogP contribution is 2.34. The molecule has 1 heterocycles. The van der Waals surface area contributed by atoms with E-state index in [-0.39, 0.29) is 18.2 Å². The number of likely N-dealkylation sites (tertiary alicyclic amines) is 1. The van der Waals surface area contributed by atoms with E-state index in [1.54, 1.807) is 7.11 Å². The SMILES string of the molecule is COc1cccc(CC(NC(=O)N2CCC(C(C)O)CC2)C2CC2)c1. The number of piperidine rings is 1. The average molecular weight is 346 g/mol. The molecule has 3 rings (SSSR count). The normalized spacial score (nSPS) is 20.8. The number of urea groups is 1. The molecule has 2 atom stereocenters. The maximum atomic E-state index is 12.7. The molecule has 1 aliphatic heterocycles. The highest BCUT2D eigenvalue weighted by atomic mass is 16.5. The van der Waals surface area contributed by atoms with E-state index in [0.717, 1.165) is 38.1 Å². The Morgan fingerprint density at radius 3 is 2.60 bits per heavy atom. The first-order chi connectivity index (χ1) is 12.1. The van der Waals surface area contributed by atoms with E-state index in [4.69, 9.17) is 4.74 Å². The first kappa shape index (κ1) is 18.1. The third-order valence-corrected chi connectivity index (χ3v) is 5.60. The zero-order chi connectivity index (χ0) is 17.8. The zero-order valence-corrected chi connectivity index (χ0v) is 15.3. The van der Waals surface area contributed by atoms with E-state index in [2.05, 4.69) is 17.4 Å². The van der Waals surface area contributed by atoms with E-state index in [0.29, 0.717) is 11.8 Å². The first-order valence-corrected chi connectivity index (χ1v) is 9.43. The van der Waals surface area contributed by atoms with Gasteiger partial charge in [0.25, 0.3) is 0 Å². The highest BCUT2D eigenvalue weighted by Gasteiger charge is 2.34. The number of nitrogens with zero attached hydrogens (tertiary/aromatic N) is 1. The number of rotatable bonds is 6. The van der Waals surface area contributed by atoms with Crippen molar-refractivity contribution in [2.75, 3.05) is 20.2 Å². The predicted octanol–water partition coefficient (Wildman–Crippen LogP) is 2.82. The number of amides is 2. The van der Waals surface area contributed by atoms with Crippen molar-refractivity contribution in [1.82, 2.24) is 10.2 Å². The molecule has 0 bridgehead atoms. The molecular formula is C20H30N2O3. The van der Waals surface area contributed by atoms with Crippen LogP contribution in [0.15, 0.2) is 24.3 Å². The Hall–Kier alpha value is -1.75. The van der Waals surface area contributed by atoms with Crippen molar-refractivity contribution in [3.05, 3.63) is 29.8 Å². The summed E-state index contributed by atoms with van der Waals surface area (Å²) in [7, 11) is 1.68. The predicted molar refractivity (Wildman–Crippen MR) is 97.7 cm³/mol. The number of aliphatic hydroxyl groups excluding tert-OH is 1. The number of hydrogen-bond donors (Lipinski definition) is 2. The van der Waals surface area contributed by atoms with Crippen LogP contribution in [0.5, 0.6) is 5.75 Å². The molecule has 0 radical (unpaired) electrons. The molecule has 5 heteroatoms. The number of aliphatic hydroxyl groups is 1. The molecule has 25 heavy (non-hydrogen) atoms. The van der Waals surface area contributed by atoms with E-state index >= 15 is 0 Å². The van der Waals surface area contributed by atoms with Gasteiger partial charge < -0.3 is 20.1 Å². The summed E-state index contributed by atoms with van der Waals surface area (Å²) in [6, 6.07) is 8.33. The summed E-state index contributed by atoms with van der Waals surface area (Å²) >= 11 is 0. The van der Waals surface area contributed by atoms with Crippen molar-refractivity contribution in [2.45, 2.75) is 51.2 Å². The largest absolute Gasteiger partial charge is 0.497 e. The lowest BCUT2D eigenvalue weighted by Crippen LogP contribution is -2.49. The number of nitrogens with one attached hydrogen (secondary N) is 1. The number of ether oxygens (including phenoxy) is 1. The molecule has 2 unspecified atom stereocenters. The number of benzene rings is 1. The van der Waals surface area contributed by atoms with Crippen molar-refractivity contribution in [1.29, 1.82) is 0 Å². The quantitative estimate of drug-likeness (QED) is 0.833. The lowest BCUT2D eigenvalue weighted by Gasteiger charge is -2.34. The first-order valence-electron chi connectivity index (χ1n) is 9.43. The van der Waals surface area contributed by atoms with Gasteiger partial charge >= 0.3 is 6.03 Å². The summed E-state index contributed by atoms with van der Waals surface area (Å²) in [5, 5.41) is 13.0. The van der Waals surface area contributed by atoms with Gasteiger partial charge in [-0.25, -0.2) is 4.79 Å². The molecule has 2 amide bonds. The van der Waals surface area contributed by atoms with E-state index in [1.807, 2.05) is 24.0 Å². The molecule has 1 aliphatic carbocycles. The maximum absolute atomic E-state index is 12.7. The van der Waals surface area contributed by atoms with Crippen LogP contribution in [-0.4, -0.2) is 48.4 Å². The number of hydrogen-bond acceptors (Lipinski definition) is 3. The second-order valence-electron chi connectivity index (χ2n) is 7.51. The van der Waals surface area contributed by atoms with Crippen LogP contribution < -0.4 is 10.1 Å².